The molecule has 2 aromatic heterocycles. The van der Waals surface area contributed by atoms with Crippen molar-refractivity contribution in [1.29, 1.82) is 0 Å². The number of hydrogen-bond acceptors (Lipinski definition) is 6. The summed E-state index contributed by atoms with van der Waals surface area (Å²) in [6, 6.07) is 5.03. The van der Waals surface area contributed by atoms with Gasteiger partial charge in [0.05, 0.1) is 6.54 Å². The molecule has 8 heteroatoms. The molecule has 0 spiro atoms. The summed E-state index contributed by atoms with van der Waals surface area (Å²) < 4.78 is 5.02. The Bertz CT molecular complexity index is 751. The topological polar surface area (TPSA) is 110 Å². The molecule has 22 heavy (non-hydrogen) atoms. The number of aliphatic imine (C=N–C) groups is 1. The summed E-state index contributed by atoms with van der Waals surface area (Å²) in [5.74, 6) is -0.921. The van der Waals surface area contributed by atoms with E-state index < -0.39 is 5.92 Å². The molecule has 1 aliphatic rings. The molecule has 0 aliphatic carbocycles. The van der Waals surface area contributed by atoms with Gasteiger partial charge in [0.2, 0.25) is 5.89 Å². The number of amides is 2. The van der Waals surface area contributed by atoms with Crippen LogP contribution in [-0.4, -0.2) is 33.2 Å². The highest BCUT2D eigenvalue weighted by Crippen LogP contribution is 2.17. The first-order valence-electron chi connectivity index (χ1n) is 6.50. The third-order valence-electron chi connectivity index (χ3n) is 2.92. The van der Waals surface area contributed by atoms with E-state index in [2.05, 4.69) is 25.4 Å². The Kier molecular flexibility index (Phi) is 3.82. The van der Waals surface area contributed by atoms with Crippen LogP contribution in [0.2, 0.25) is 0 Å². The Balaban J connectivity index is 1.63. The molecule has 2 amide bonds. The summed E-state index contributed by atoms with van der Waals surface area (Å²) in [5, 5.41) is 6.35. The average Bonchev–Trinajstić information content (AvgIpc) is 3.02. The van der Waals surface area contributed by atoms with Crippen LogP contribution >= 0.6 is 0 Å². The summed E-state index contributed by atoms with van der Waals surface area (Å²) in [6.45, 7) is 0.0519. The first-order valence-corrected chi connectivity index (χ1v) is 6.50. The van der Waals surface area contributed by atoms with Crippen LogP contribution in [0.25, 0.3) is 0 Å². The summed E-state index contributed by atoms with van der Waals surface area (Å²) in [7, 11) is 0. The van der Waals surface area contributed by atoms with Crippen LogP contribution in [0.15, 0.2) is 46.1 Å². The van der Waals surface area contributed by atoms with Gasteiger partial charge in [-0.2, -0.15) is 4.98 Å². The van der Waals surface area contributed by atoms with Gasteiger partial charge in [-0.05, 0) is 18.2 Å². The van der Waals surface area contributed by atoms with Gasteiger partial charge >= 0.3 is 0 Å². The number of hydrogen-bond donors (Lipinski definition) is 1. The van der Waals surface area contributed by atoms with Gasteiger partial charge in [0.15, 0.2) is 5.82 Å². The maximum absolute atomic E-state index is 11.8. The second-order valence-corrected chi connectivity index (χ2v) is 4.42. The molecule has 0 fully saturated rings. The van der Waals surface area contributed by atoms with Crippen LogP contribution in [0.4, 0.5) is 0 Å². The monoisotopic (exact) mass is 297 g/mol. The number of dihydropyridines is 1. The third-order valence-corrected chi connectivity index (χ3v) is 2.92. The van der Waals surface area contributed by atoms with Gasteiger partial charge in [-0.3, -0.25) is 14.6 Å². The first kappa shape index (κ1) is 13.8. The van der Waals surface area contributed by atoms with Crippen molar-refractivity contribution in [2.45, 2.75) is 12.5 Å². The molecule has 0 saturated carbocycles. The first-order chi connectivity index (χ1) is 10.7. The van der Waals surface area contributed by atoms with Gasteiger partial charge in [-0.15, -0.1) is 0 Å². The van der Waals surface area contributed by atoms with E-state index >= 15 is 0 Å². The van der Waals surface area contributed by atoms with Crippen LogP contribution in [0.1, 0.15) is 28.1 Å². The number of nitrogens with zero attached hydrogens (tertiary/aromatic N) is 4. The molecule has 0 bridgehead atoms. The number of nitrogens with one attached hydrogen (secondary N) is 1. The predicted molar refractivity (Wildman–Crippen MR) is 75.1 cm³/mol. The lowest BCUT2D eigenvalue weighted by Crippen LogP contribution is -2.23. The molecule has 1 unspecified atom stereocenters. The molecule has 8 nitrogen and oxygen atoms in total. The van der Waals surface area contributed by atoms with E-state index in [1.165, 1.54) is 12.4 Å². The highest BCUT2D eigenvalue weighted by Gasteiger charge is 2.24. The van der Waals surface area contributed by atoms with E-state index in [4.69, 9.17) is 4.52 Å². The number of allylic oxidation sites excluding steroid dienone is 1. The van der Waals surface area contributed by atoms with Gasteiger partial charge < -0.3 is 9.84 Å². The fraction of sp³-hybridized carbons (Fsp3) is 0.143. The number of carbonyl (C=O) groups is 2. The normalized spacial score (nSPS) is 16.7. The minimum absolute atomic E-state index is 0.0519. The van der Waals surface area contributed by atoms with Crippen molar-refractivity contribution in [3.63, 3.8) is 0 Å². The van der Waals surface area contributed by atoms with Crippen molar-refractivity contribution >= 4 is 18.0 Å². The zero-order valence-corrected chi connectivity index (χ0v) is 11.3. The van der Waals surface area contributed by atoms with Crippen molar-refractivity contribution in [1.82, 2.24) is 20.4 Å². The number of aromatic nitrogens is 3. The second kappa shape index (κ2) is 6.08. The lowest BCUT2D eigenvalue weighted by atomic mass is 10.1. The minimum atomic E-state index is -0.644. The lowest BCUT2D eigenvalue weighted by molar-refractivity contribution is -0.118. The summed E-state index contributed by atoms with van der Waals surface area (Å²) >= 11 is 0. The zero-order chi connectivity index (χ0) is 15.4. The van der Waals surface area contributed by atoms with Gasteiger partial charge in [0.25, 0.3) is 11.8 Å². The molecule has 1 aliphatic heterocycles. The van der Waals surface area contributed by atoms with Crippen LogP contribution in [-0.2, 0) is 11.3 Å². The molecule has 3 heterocycles. The van der Waals surface area contributed by atoms with Gasteiger partial charge in [0.1, 0.15) is 11.6 Å². The van der Waals surface area contributed by atoms with E-state index in [9.17, 15) is 9.59 Å². The van der Waals surface area contributed by atoms with E-state index in [1.54, 1.807) is 30.4 Å². The number of pyridine rings is 1. The zero-order valence-electron chi connectivity index (χ0n) is 11.3. The van der Waals surface area contributed by atoms with Gasteiger partial charge in [-0.1, -0.05) is 17.3 Å². The highest BCUT2D eigenvalue weighted by atomic mass is 16.5. The van der Waals surface area contributed by atoms with Crippen molar-refractivity contribution in [2.75, 3.05) is 0 Å². The van der Waals surface area contributed by atoms with Gasteiger partial charge in [-0.25, -0.2) is 4.99 Å². The molecule has 0 radical (unpaired) electrons. The van der Waals surface area contributed by atoms with Crippen molar-refractivity contribution in [3.8, 4) is 0 Å². The van der Waals surface area contributed by atoms with E-state index in [0.717, 1.165) is 0 Å². The molecule has 1 atom stereocenters. The smallest absolute Gasteiger partial charge is 0.270 e. The fourth-order valence-corrected chi connectivity index (χ4v) is 1.85. The number of carbonyl (C=O) groups excluding carboxylic acids is 2. The minimum Gasteiger partial charge on any atom is -0.342 e. The predicted octanol–water partition coefficient (Wildman–Crippen LogP) is 0.645. The number of rotatable bonds is 4. The average molecular weight is 297 g/mol. The molecule has 0 saturated heterocycles. The Morgan fingerprint density at radius 3 is 3.05 bits per heavy atom. The molecule has 110 valence electrons. The molecule has 3 rings (SSSR count). The highest BCUT2D eigenvalue weighted by molar-refractivity contribution is 5.96. The SMILES string of the molecule is O=C(NCc1nc(C2C=CC=NC2=O)no1)c1ccccn1. The summed E-state index contributed by atoms with van der Waals surface area (Å²) in [5.41, 5.74) is 0.293. The summed E-state index contributed by atoms with van der Waals surface area (Å²) in [6.07, 6.45) is 6.22. The second-order valence-electron chi connectivity index (χ2n) is 4.42. The van der Waals surface area contributed by atoms with Crippen molar-refractivity contribution in [3.05, 3.63) is 54.0 Å². The van der Waals surface area contributed by atoms with Crippen molar-refractivity contribution < 1.29 is 14.1 Å². The van der Waals surface area contributed by atoms with Crippen LogP contribution in [0, 0.1) is 0 Å². The van der Waals surface area contributed by atoms with Crippen LogP contribution in [0.3, 0.4) is 0 Å². The maximum Gasteiger partial charge on any atom is 0.270 e. The molecule has 1 N–H and O–H groups in total. The van der Waals surface area contributed by atoms with Crippen LogP contribution in [0.5, 0.6) is 0 Å². The molecule has 0 aromatic carbocycles. The Hall–Kier alpha value is -3.16. The van der Waals surface area contributed by atoms with Crippen LogP contribution < -0.4 is 5.32 Å². The Morgan fingerprint density at radius 2 is 2.27 bits per heavy atom. The maximum atomic E-state index is 11.8. The fourth-order valence-electron chi connectivity index (χ4n) is 1.85. The molecular formula is C14H11N5O3. The lowest BCUT2D eigenvalue weighted by Gasteiger charge is -2.04. The quantitative estimate of drug-likeness (QED) is 0.886. The summed E-state index contributed by atoms with van der Waals surface area (Å²) in [4.78, 5) is 35.1. The standard InChI is InChI=1S/C14H11N5O3/c20-13-9(4-3-7-16-13)12-18-11(22-19-12)8-17-14(21)10-5-1-2-6-15-10/h1-7,9H,8H2,(H,17,21). The molecule has 2 aromatic rings. The van der Waals surface area contributed by atoms with E-state index in [1.807, 2.05) is 0 Å². The third kappa shape index (κ3) is 2.95. The largest absolute Gasteiger partial charge is 0.342 e. The van der Waals surface area contributed by atoms with E-state index in [-0.39, 0.29) is 30.1 Å². The van der Waals surface area contributed by atoms with Crippen molar-refractivity contribution in [2.24, 2.45) is 4.99 Å². The van der Waals surface area contributed by atoms with E-state index in [0.29, 0.717) is 5.69 Å². The molecular weight excluding hydrogens is 286 g/mol. The van der Waals surface area contributed by atoms with Gasteiger partial charge in [0, 0.05) is 12.4 Å². The Labute approximate surface area is 125 Å². The Morgan fingerprint density at radius 1 is 1.36 bits per heavy atom.